The molecule has 4 heteroatoms. The molecule has 0 bridgehead atoms. The molecule has 1 saturated heterocycles. The first kappa shape index (κ1) is 9.99. The molecule has 0 radical (unpaired) electrons. The molecule has 1 rings (SSSR count). The van der Waals surface area contributed by atoms with E-state index in [0.717, 1.165) is 12.8 Å². The lowest BCUT2D eigenvalue weighted by Crippen LogP contribution is -2.41. The van der Waals surface area contributed by atoms with E-state index in [1.807, 2.05) is 13.8 Å². The third kappa shape index (κ3) is 1.80. The largest absolute Gasteiger partial charge is 0.326 e. The fraction of sp³-hybridized carbons (Fsp3) is 1.00. The highest BCUT2D eigenvalue weighted by molar-refractivity contribution is 7.92. The number of sulfone groups is 1. The number of rotatable bonds is 2. The Labute approximate surface area is 74.3 Å². The second-order valence-electron chi connectivity index (χ2n) is 3.87. The normalized spacial score (nSPS) is 30.8. The molecule has 2 atom stereocenters. The molecule has 1 heterocycles. The molecule has 0 aromatic carbocycles. The monoisotopic (exact) mass is 191 g/mol. The molecule has 12 heavy (non-hydrogen) atoms. The van der Waals surface area contributed by atoms with Gasteiger partial charge >= 0.3 is 0 Å². The molecule has 0 aromatic rings. The van der Waals surface area contributed by atoms with Crippen LogP contribution in [0.5, 0.6) is 0 Å². The van der Waals surface area contributed by atoms with Crippen LogP contribution in [-0.2, 0) is 9.84 Å². The van der Waals surface area contributed by atoms with E-state index in [0.29, 0.717) is 5.75 Å². The van der Waals surface area contributed by atoms with Crippen LogP contribution in [0.3, 0.4) is 0 Å². The first-order valence-electron chi connectivity index (χ1n) is 4.42. The summed E-state index contributed by atoms with van der Waals surface area (Å²) in [7, 11) is -2.86. The van der Waals surface area contributed by atoms with Crippen molar-refractivity contribution in [3.63, 3.8) is 0 Å². The average Bonchev–Trinajstić information content (AvgIpc) is 2.27. The van der Waals surface area contributed by atoms with Gasteiger partial charge in [0.15, 0.2) is 9.84 Å². The fourth-order valence-corrected chi connectivity index (χ4v) is 3.87. The lowest BCUT2D eigenvalue weighted by molar-refractivity contribution is 0.455. The molecule has 0 aromatic heterocycles. The van der Waals surface area contributed by atoms with Crippen molar-refractivity contribution in [3.05, 3.63) is 0 Å². The first-order valence-corrected chi connectivity index (χ1v) is 6.14. The second kappa shape index (κ2) is 3.34. The summed E-state index contributed by atoms with van der Waals surface area (Å²) >= 11 is 0. The van der Waals surface area contributed by atoms with Crippen molar-refractivity contribution in [2.75, 3.05) is 5.75 Å². The van der Waals surface area contributed by atoms with Gasteiger partial charge in [-0.3, -0.25) is 0 Å². The van der Waals surface area contributed by atoms with Crippen molar-refractivity contribution in [2.24, 2.45) is 11.7 Å². The minimum atomic E-state index is -2.86. The van der Waals surface area contributed by atoms with Gasteiger partial charge in [0, 0.05) is 6.04 Å². The average molecular weight is 191 g/mol. The van der Waals surface area contributed by atoms with Gasteiger partial charge in [-0.25, -0.2) is 8.42 Å². The Morgan fingerprint density at radius 3 is 2.33 bits per heavy atom. The molecule has 1 aliphatic heterocycles. The van der Waals surface area contributed by atoms with Gasteiger partial charge in [0.1, 0.15) is 0 Å². The molecule has 1 unspecified atom stereocenters. The van der Waals surface area contributed by atoms with Gasteiger partial charge in [0.2, 0.25) is 0 Å². The van der Waals surface area contributed by atoms with Gasteiger partial charge in [-0.1, -0.05) is 13.8 Å². The topological polar surface area (TPSA) is 60.2 Å². The van der Waals surface area contributed by atoms with E-state index in [2.05, 4.69) is 0 Å². The van der Waals surface area contributed by atoms with Crippen LogP contribution in [-0.4, -0.2) is 25.5 Å². The van der Waals surface area contributed by atoms with Crippen LogP contribution in [0.1, 0.15) is 26.7 Å². The summed E-state index contributed by atoms with van der Waals surface area (Å²) in [5.41, 5.74) is 5.82. The van der Waals surface area contributed by atoms with Gasteiger partial charge in [-0.05, 0) is 18.8 Å². The first-order chi connectivity index (χ1) is 5.45. The van der Waals surface area contributed by atoms with Crippen molar-refractivity contribution in [3.8, 4) is 0 Å². The predicted octanol–water partition coefficient (Wildman–Crippen LogP) is 0.547. The minimum Gasteiger partial charge on any atom is -0.326 e. The van der Waals surface area contributed by atoms with E-state index < -0.39 is 9.84 Å². The molecule has 0 saturated carbocycles. The van der Waals surface area contributed by atoms with E-state index in [4.69, 9.17) is 5.73 Å². The maximum atomic E-state index is 11.4. The van der Waals surface area contributed by atoms with Crippen LogP contribution in [0.4, 0.5) is 0 Å². The lowest BCUT2D eigenvalue weighted by Gasteiger charge is -2.21. The lowest BCUT2D eigenvalue weighted by atomic mass is 9.99. The van der Waals surface area contributed by atoms with Crippen LogP contribution in [0.15, 0.2) is 0 Å². The maximum absolute atomic E-state index is 11.4. The summed E-state index contributed by atoms with van der Waals surface area (Å²) in [5.74, 6) is 0.584. The Kier molecular flexibility index (Phi) is 2.78. The SMILES string of the molecule is CC(C)[C@@H](N)C1CCCS1(=O)=O. The summed E-state index contributed by atoms with van der Waals surface area (Å²) in [5, 5.41) is -0.280. The van der Waals surface area contributed by atoms with E-state index in [-0.39, 0.29) is 17.2 Å². The summed E-state index contributed by atoms with van der Waals surface area (Å²) in [6.45, 7) is 3.94. The number of nitrogens with two attached hydrogens (primary N) is 1. The fourth-order valence-electron chi connectivity index (χ4n) is 1.68. The Balaban J connectivity index is 2.76. The summed E-state index contributed by atoms with van der Waals surface area (Å²) in [6.07, 6.45) is 1.54. The Bertz CT molecular complexity index is 246. The molecule has 3 nitrogen and oxygen atoms in total. The summed E-state index contributed by atoms with van der Waals surface area (Å²) < 4.78 is 22.9. The van der Waals surface area contributed by atoms with Crippen LogP contribution in [0, 0.1) is 5.92 Å². The molecule has 0 amide bonds. The van der Waals surface area contributed by atoms with Crippen molar-refractivity contribution in [1.82, 2.24) is 0 Å². The molecular weight excluding hydrogens is 174 g/mol. The van der Waals surface area contributed by atoms with Crippen LogP contribution in [0.2, 0.25) is 0 Å². The number of hydrogen-bond donors (Lipinski definition) is 1. The molecule has 0 spiro atoms. The zero-order chi connectivity index (χ0) is 9.35. The molecule has 1 aliphatic rings. The van der Waals surface area contributed by atoms with Gasteiger partial charge in [-0.15, -0.1) is 0 Å². The van der Waals surface area contributed by atoms with Crippen LogP contribution in [0.25, 0.3) is 0 Å². The quantitative estimate of drug-likeness (QED) is 0.693. The van der Waals surface area contributed by atoms with Crippen molar-refractivity contribution >= 4 is 9.84 Å². The third-order valence-electron chi connectivity index (χ3n) is 2.58. The molecule has 2 N–H and O–H groups in total. The standard InChI is InChI=1S/C8H17NO2S/c1-6(2)8(9)7-4-3-5-12(7,10)11/h6-8H,3-5,9H2,1-2H3/t7?,8-/m1/s1. The third-order valence-corrected chi connectivity index (χ3v) is 4.91. The highest BCUT2D eigenvalue weighted by Crippen LogP contribution is 2.24. The second-order valence-corrected chi connectivity index (χ2v) is 6.21. The Morgan fingerprint density at radius 2 is 2.00 bits per heavy atom. The molecule has 1 fully saturated rings. The summed E-state index contributed by atoms with van der Waals surface area (Å²) in [6, 6.07) is -0.183. The van der Waals surface area contributed by atoms with Crippen LogP contribution < -0.4 is 5.73 Å². The molecule has 0 aliphatic carbocycles. The highest BCUT2D eigenvalue weighted by Gasteiger charge is 2.36. The van der Waals surface area contributed by atoms with Crippen LogP contribution >= 0.6 is 0 Å². The van der Waals surface area contributed by atoms with Crippen molar-refractivity contribution in [1.29, 1.82) is 0 Å². The van der Waals surface area contributed by atoms with E-state index in [1.54, 1.807) is 0 Å². The smallest absolute Gasteiger partial charge is 0.154 e. The van der Waals surface area contributed by atoms with E-state index in [1.165, 1.54) is 0 Å². The van der Waals surface area contributed by atoms with Gasteiger partial charge < -0.3 is 5.73 Å². The highest BCUT2D eigenvalue weighted by atomic mass is 32.2. The Hall–Kier alpha value is -0.0900. The minimum absolute atomic E-state index is 0.183. The number of hydrogen-bond acceptors (Lipinski definition) is 3. The van der Waals surface area contributed by atoms with Crippen molar-refractivity contribution < 1.29 is 8.42 Å². The zero-order valence-electron chi connectivity index (χ0n) is 7.66. The van der Waals surface area contributed by atoms with Gasteiger partial charge in [0.25, 0.3) is 0 Å². The zero-order valence-corrected chi connectivity index (χ0v) is 8.47. The van der Waals surface area contributed by atoms with Gasteiger partial charge in [0.05, 0.1) is 11.0 Å². The van der Waals surface area contributed by atoms with Crippen molar-refractivity contribution in [2.45, 2.75) is 38.0 Å². The van der Waals surface area contributed by atoms with E-state index >= 15 is 0 Å². The van der Waals surface area contributed by atoms with E-state index in [9.17, 15) is 8.42 Å². The summed E-state index contributed by atoms with van der Waals surface area (Å²) in [4.78, 5) is 0. The Morgan fingerprint density at radius 1 is 1.42 bits per heavy atom. The molecule has 72 valence electrons. The maximum Gasteiger partial charge on any atom is 0.154 e. The van der Waals surface area contributed by atoms with Gasteiger partial charge in [-0.2, -0.15) is 0 Å². The predicted molar refractivity (Wildman–Crippen MR) is 49.6 cm³/mol. The molecular formula is C8H17NO2S.